The Kier molecular flexibility index (Phi) is 8.36. The van der Waals surface area contributed by atoms with Crippen LogP contribution < -0.4 is 0 Å². The fourth-order valence-corrected chi connectivity index (χ4v) is 2.23. The number of carbonyl (C=O) groups excluding carboxylic acids is 2. The maximum atomic E-state index is 12.0. The van der Waals surface area contributed by atoms with Crippen molar-refractivity contribution in [2.45, 2.75) is 18.3 Å². The number of rotatable bonds is 9. The molecule has 0 unspecified atom stereocenters. The van der Waals surface area contributed by atoms with Crippen molar-refractivity contribution in [1.82, 2.24) is 0 Å². The molecule has 7 heteroatoms. The van der Waals surface area contributed by atoms with Gasteiger partial charge < -0.3 is 24.8 Å². The average Bonchev–Trinajstić information content (AvgIpc) is 2.75. The Morgan fingerprint density at radius 3 is 1.93 bits per heavy atom. The first-order chi connectivity index (χ1) is 13.5. The third-order valence-corrected chi connectivity index (χ3v) is 3.75. The predicted octanol–water partition coefficient (Wildman–Crippen LogP) is 1.34. The molecule has 0 aliphatic heterocycles. The van der Waals surface area contributed by atoms with Crippen molar-refractivity contribution in [3.8, 4) is 0 Å². The number of benzene rings is 2. The Balaban J connectivity index is 1.83. The van der Waals surface area contributed by atoms with Crippen LogP contribution in [0.2, 0.25) is 0 Å². The lowest BCUT2D eigenvalue weighted by molar-refractivity contribution is -0.0255. The molecule has 0 saturated heterocycles. The van der Waals surface area contributed by atoms with Gasteiger partial charge in [-0.1, -0.05) is 48.6 Å². The van der Waals surface area contributed by atoms with Gasteiger partial charge in [0, 0.05) is 0 Å². The zero-order chi connectivity index (χ0) is 20.4. The summed E-state index contributed by atoms with van der Waals surface area (Å²) in [6, 6.07) is 16.5. The van der Waals surface area contributed by atoms with Crippen LogP contribution in [0.4, 0.5) is 0 Å². The highest BCUT2D eigenvalue weighted by Gasteiger charge is 2.21. The second kappa shape index (κ2) is 11.0. The normalized spacial score (nSPS) is 14.2. The SMILES string of the molecule is O=C(OC[C@H](O)/C=C/[C@@H](O)[C@@H](CO)OC(=O)c1ccccc1)c1ccccc1. The minimum absolute atomic E-state index is 0.282. The monoisotopic (exact) mass is 386 g/mol. The van der Waals surface area contributed by atoms with Gasteiger partial charge in [0.15, 0.2) is 6.10 Å². The van der Waals surface area contributed by atoms with Crippen LogP contribution in [0, 0.1) is 0 Å². The summed E-state index contributed by atoms with van der Waals surface area (Å²) in [5.74, 6) is -1.27. The molecule has 7 nitrogen and oxygen atoms in total. The molecule has 28 heavy (non-hydrogen) atoms. The quantitative estimate of drug-likeness (QED) is 0.440. The first-order valence-electron chi connectivity index (χ1n) is 8.64. The predicted molar refractivity (Wildman–Crippen MR) is 101 cm³/mol. The number of aliphatic hydroxyl groups excluding tert-OH is 3. The van der Waals surface area contributed by atoms with Crippen LogP contribution in [0.3, 0.4) is 0 Å². The molecule has 0 aliphatic carbocycles. The van der Waals surface area contributed by atoms with E-state index in [0.717, 1.165) is 0 Å². The second-order valence-corrected chi connectivity index (χ2v) is 5.90. The van der Waals surface area contributed by atoms with E-state index in [9.17, 15) is 24.9 Å². The molecule has 0 radical (unpaired) electrons. The van der Waals surface area contributed by atoms with Crippen molar-refractivity contribution >= 4 is 11.9 Å². The van der Waals surface area contributed by atoms with E-state index >= 15 is 0 Å². The van der Waals surface area contributed by atoms with Gasteiger partial charge in [0.25, 0.3) is 0 Å². The zero-order valence-electron chi connectivity index (χ0n) is 15.0. The third-order valence-electron chi connectivity index (χ3n) is 3.75. The maximum Gasteiger partial charge on any atom is 0.338 e. The highest BCUT2D eigenvalue weighted by Crippen LogP contribution is 2.08. The van der Waals surface area contributed by atoms with E-state index < -0.39 is 36.9 Å². The van der Waals surface area contributed by atoms with E-state index in [2.05, 4.69) is 0 Å². The summed E-state index contributed by atoms with van der Waals surface area (Å²) in [5, 5.41) is 29.3. The van der Waals surface area contributed by atoms with Crippen molar-refractivity contribution < 1.29 is 34.4 Å². The Morgan fingerprint density at radius 2 is 1.39 bits per heavy atom. The Labute approximate surface area is 162 Å². The highest BCUT2D eigenvalue weighted by molar-refractivity contribution is 5.89. The number of esters is 2. The summed E-state index contributed by atoms with van der Waals surface area (Å²) < 4.78 is 10.1. The lowest BCUT2D eigenvalue weighted by Gasteiger charge is -2.19. The van der Waals surface area contributed by atoms with Gasteiger partial charge in [-0.15, -0.1) is 0 Å². The topological polar surface area (TPSA) is 113 Å². The van der Waals surface area contributed by atoms with Crippen LogP contribution in [0.25, 0.3) is 0 Å². The summed E-state index contributed by atoms with van der Waals surface area (Å²) in [6.45, 7) is -0.923. The number of aliphatic hydroxyl groups is 3. The van der Waals surface area contributed by atoms with Crippen molar-refractivity contribution in [1.29, 1.82) is 0 Å². The lowest BCUT2D eigenvalue weighted by Crippen LogP contribution is -2.33. The zero-order valence-corrected chi connectivity index (χ0v) is 15.0. The highest BCUT2D eigenvalue weighted by atomic mass is 16.6. The van der Waals surface area contributed by atoms with Crippen LogP contribution in [0.1, 0.15) is 20.7 Å². The van der Waals surface area contributed by atoms with Crippen molar-refractivity contribution in [3.63, 3.8) is 0 Å². The molecule has 0 aromatic heterocycles. The largest absolute Gasteiger partial charge is 0.459 e. The van der Waals surface area contributed by atoms with Crippen molar-refractivity contribution in [2.24, 2.45) is 0 Å². The average molecular weight is 386 g/mol. The van der Waals surface area contributed by atoms with Gasteiger partial charge in [-0.2, -0.15) is 0 Å². The van der Waals surface area contributed by atoms with Crippen molar-refractivity contribution in [2.75, 3.05) is 13.2 Å². The molecule has 148 valence electrons. The fourth-order valence-electron chi connectivity index (χ4n) is 2.23. The van der Waals surface area contributed by atoms with Gasteiger partial charge in [0.1, 0.15) is 18.8 Å². The van der Waals surface area contributed by atoms with E-state index in [0.29, 0.717) is 5.56 Å². The molecule has 0 fully saturated rings. The summed E-state index contributed by atoms with van der Waals surface area (Å²) in [5.41, 5.74) is 0.636. The summed E-state index contributed by atoms with van der Waals surface area (Å²) >= 11 is 0. The van der Waals surface area contributed by atoms with Gasteiger partial charge in [0.05, 0.1) is 17.7 Å². The molecule has 3 atom stereocenters. The fraction of sp³-hybridized carbons (Fsp3) is 0.238. The van der Waals surface area contributed by atoms with Gasteiger partial charge in [-0.25, -0.2) is 9.59 Å². The summed E-state index contributed by atoms with van der Waals surface area (Å²) in [7, 11) is 0. The molecular formula is C21H22O7. The second-order valence-electron chi connectivity index (χ2n) is 5.90. The Bertz CT molecular complexity index is 774. The molecule has 0 saturated carbocycles. The minimum atomic E-state index is -1.35. The van der Waals surface area contributed by atoms with Crippen molar-refractivity contribution in [3.05, 3.63) is 83.9 Å². The summed E-state index contributed by atoms with van der Waals surface area (Å²) in [6.07, 6.45) is -1.37. The van der Waals surface area contributed by atoms with Gasteiger partial charge in [-0.3, -0.25) is 0 Å². The van der Waals surface area contributed by atoms with Crippen LogP contribution in [0.5, 0.6) is 0 Å². The Morgan fingerprint density at radius 1 is 0.857 bits per heavy atom. The van der Waals surface area contributed by atoms with Crippen LogP contribution in [-0.2, 0) is 9.47 Å². The minimum Gasteiger partial charge on any atom is -0.459 e. The molecule has 0 spiro atoms. The van der Waals surface area contributed by atoms with E-state index in [-0.39, 0.29) is 12.2 Å². The molecule has 2 rings (SSSR count). The van der Waals surface area contributed by atoms with E-state index in [1.807, 2.05) is 0 Å². The molecule has 2 aromatic carbocycles. The standard InChI is InChI=1S/C21H22O7/c22-13-19(28-21(26)16-9-5-2-6-10-16)18(24)12-11-17(23)14-27-20(25)15-7-3-1-4-8-15/h1-12,17-19,22-24H,13-14H2/b12-11+/t17-,18-,19-/m1/s1. The maximum absolute atomic E-state index is 12.0. The first-order valence-corrected chi connectivity index (χ1v) is 8.64. The van der Waals surface area contributed by atoms with Crippen LogP contribution in [0.15, 0.2) is 72.8 Å². The molecule has 0 amide bonds. The number of ether oxygens (including phenoxy) is 2. The first kappa shape index (κ1) is 21.3. The molecule has 3 N–H and O–H groups in total. The Hall–Kier alpha value is -3.00. The number of hydrogen-bond donors (Lipinski definition) is 3. The van der Waals surface area contributed by atoms with E-state index in [1.54, 1.807) is 60.7 Å². The molecule has 0 heterocycles. The van der Waals surface area contributed by atoms with Crippen LogP contribution >= 0.6 is 0 Å². The van der Waals surface area contributed by atoms with Gasteiger partial charge in [0.2, 0.25) is 0 Å². The van der Waals surface area contributed by atoms with Gasteiger partial charge >= 0.3 is 11.9 Å². The molecule has 0 bridgehead atoms. The number of carbonyl (C=O) groups is 2. The molecular weight excluding hydrogens is 364 g/mol. The molecule has 2 aromatic rings. The van der Waals surface area contributed by atoms with E-state index in [4.69, 9.17) is 9.47 Å². The molecule has 0 aliphatic rings. The summed E-state index contributed by atoms with van der Waals surface area (Å²) in [4.78, 5) is 23.8. The van der Waals surface area contributed by atoms with Crippen LogP contribution in [-0.4, -0.2) is 58.8 Å². The third kappa shape index (κ3) is 6.62. The smallest absolute Gasteiger partial charge is 0.338 e. The van der Waals surface area contributed by atoms with E-state index in [1.165, 1.54) is 12.2 Å². The number of hydrogen-bond acceptors (Lipinski definition) is 7. The lowest BCUT2D eigenvalue weighted by atomic mass is 10.1. The van der Waals surface area contributed by atoms with Gasteiger partial charge in [-0.05, 0) is 24.3 Å².